The maximum absolute atomic E-state index is 12.0. The van der Waals surface area contributed by atoms with Gasteiger partial charge < -0.3 is 5.32 Å². The van der Waals surface area contributed by atoms with Crippen LogP contribution in [0.2, 0.25) is 0 Å². The van der Waals surface area contributed by atoms with E-state index in [4.69, 9.17) is 5.14 Å². The molecule has 1 unspecified atom stereocenters. The number of hydrogen-bond donors (Lipinski definition) is 2. The predicted molar refractivity (Wildman–Crippen MR) is 73.1 cm³/mol. The SMILES string of the molecule is Cc1c(NC(=O)C(C)C2CC2)cccc1S(N)(=O)=O. The van der Waals surface area contributed by atoms with E-state index in [-0.39, 0.29) is 16.7 Å². The lowest BCUT2D eigenvalue weighted by molar-refractivity contribution is -0.119. The third-order valence-corrected chi connectivity index (χ3v) is 4.65. The first-order valence-corrected chi connectivity index (χ1v) is 7.78. The van der Waals surface area contributed by atoms with E-state index in [0.717, 1.165) is 12.8 Å². The molecule has 1 aromatic rings. The molecular formula is C13H18N2O3S. The van der Waals surface area contributed by atoms with Gasteiger partial charge in [-0.1, -0.05) is 13.0 Å². The highest BCUT2D eigenvalue weighted by atomic mass is 32.2. The summed E-state index contributed by atoms with van der Waals surface area (Å²) in [5.41, 5.74) is 0.977. The van der Waals surface area contributed by atoms with E-state index in [1.54, 1.807) is 19.1 Å². The van der Waals surface area contributed by atoms with Crippen LogP contribution >= 0.6 is 0 Å². The zero-order valence-electron chi connectivity index (χ0n) is 11.0. The van der Waals surface area contributed by atoms with E-state index in [1.807, 2.05) is 6.92 Å². The normalized spacial score (nSPS) is 17.0. The molecule has 5 nitrogen and oxygen atoms in total. The summed E-state index contributed by atoms with van der Waals surface area (Å²) < 4.78 is 22.8. The number of benzene rings is 1. The van der Waals surface area contributed by atoms with E-state index in [0.29, 0.717) is 17.2 Å². The zero-order valence-corrected chi connectivity index (χ0v) is 11.8. The van der Waals surface area contributed by atoms with Gasteiger partial charge in [-0.2, -0.15) is 0 Å². The number of rotatable bonds is 4. The van der Waals surface area contributed by atoms with Crippen molar-refractivity contribution in [2.45, 2.75) is 31.6 Å². The van der Waals surface area contributed by atoms with Crippen LogP contribution < -0.4 is 10.5 Å². The summed E-state index contributed by atoms with van der Waals surface area (Å²) in [4.78, 5) is 12.1. The molecule has 104 valence electrons. The lowest BCUT2D eigenvalue weighted by atomic mass is 10.1. The lowest BCUT2D eigenvalue weighted by Gasteiger charge is -2.14. The number of carbonyl (C=O) groups excluding carboxylic acids is 1. The van der Waals surface area contributed by atoms with Gasteiger partial charge in [0, 0.05) is 11.6 Å². The Morgan fingerprint density at radius 3 is 2.58 bits per heavy atom. The summed E-state index contributed by atoms with van der Waals surface area (Å²) in [6.07, 6.45) is 2.18. The van der Waals surface area contributed by atoms with Crippen LogP contribution in [0.15, 0.2) is 23.1 Å². The summed E-state index contributed by atoms with van der Waals surface area (Å²) in [7, 11) is -3.77. The molecular weight excluding hydrogens is 264 g/mol. The highest BCUT2D eigenvalue weighted by molar-refractivity contribution is 7.89. The minimum atomic E-state index is -3.77. The van der Waals surface area contributed by atoms with Crippen LogP contribution in [0, 0.1) is 18.8 Å². The van der Waals surface area contributed by atoms with E-state index < -0.39 is 10.0 Å². The molecule has 0 aromatic heterocycles. The molecule has 1 saturated carbocycles. The molecule has 0 radical (unpaired) electrons. The van der Waals surface area contributed by atoms with E-state index in [9.17, 15) is 13.2 Å². The molecule has 6 heteroatoms. The van der Waals surface area contributed by atoms with E-state index >= 15 is 0 Å². The Bertz CT molecular complexity index is 606. The minimum Gasteiger partial charge on any atom is -0.326 e. The van der Waals surface area contributed by atoms with Gasteiger partial charge in [-0.05, 0) is 43.4 Å². The number of anilines is 1. The van der Waals surface area contributed by atoms with Crippen molar-refractivity contribution in [3.63, 3.8) is 0 Å². The van der Waals surface area contributed by atoms with Crippen molar-refractivity contribution >= 4 is 21.6 Å². The highest BCUT2D eigenvalue weighted by Gasteiger charge is 2.32. The first kappa shape index (κ1) is 14.0. The monoisotopic (exact) mass is 282 g/mol. The number of nitrogens with one attached hydrogen (secondary N) is 1. The average Bonchev–Trinajstić information content (AvgIpc) is 3.13. The first-order valence-electron chi connectivity index (χ1n) is 6.24. The molecule has 1 atom stereocenters. The Morgan fingerprint density at radius 1 is 1.42 bits per heavy atom. The predicted octanol–water partition coefficient (Wildman–Crippen LogP) is 1.63. The molecule has 1 amide bonds. The van der Waals surface area contributed by atoms with Gasteiger partial charge in [0.15, 0.2) is 0 Å². The van der Waals surface area contributed by atoms with Gasteiger partial charge in [-0.15, -0.1) is 0 Å². The summed E-state index contributed by atoms with van der Waals surface area (Å²) in [6.45, 7) is 3.53. The molecule has 1 aliphatic carbocycles. The number of sulfonamides is 1. The number of nitrogens with two attached hydrogens (primary N) is 1. The van der Waals surface area contributed by atoms with Crippen LogP contribution in [0.4, 0.5) is 5.69 Å². The van der Waals surface area contributed by atoms with Crippen molar-refractivity contribution in [2.24, 2.45) is 17.0 Å². The van der Waals surface area contributed by atoms with Crippen LogP contribution in [0.5, 0.6) is 0 Å². The number of primary sulfonamides is 1. The largest absolute Gasteiger partial charge is 0.326 e. The van der Waals surface area contributed by atoms with Gasteiger partial charge in [0.25, 0.3) is 0 Å². The van der Waals surface area contributed by atoms with Gasteiger partial charge in [-0.3, -0.25) is 4.79 Å². The van der Waals surface area contributed by atoms with E-state index in [1.165, 1.54) is 6.07 Å². The van der Waals surface area contributed by atoms with Gasteiger partial charge in [0.1, 0.15) is 0 Å². The highest BCUT2D eigenvalue weighted by Crippen LogP contribution is 2.37. The second kappa shape index (κ2) is 4.94. The average molecular weight is 282 g/mol. The molecule has 0 bridgehead atoms. The molecule has 0 heterocycles. The van der Waals surface area contributed by atoms with Crippen LogP contribution in [-0.4, -0.2) is 14.3 Å². The molecule has 1 aromatic carbocycles. The Kier molecular flexibility index (Phi) is 3.64. The van der Waals surface area contributed by atoms with Crippen LogP contribution in [0.3, 0.4) is 0 Å². The topological polar surface area (TPSA) is 89.3 Å². The van der Waals surface area contributed by atoms with Crippen molar-refractivity contribution in [3.05, 3.63) is 23.8 Å². The summed E-state index contributed by atoms with van der Waals surface area (Å²) in [5.74, 6) is 0.344. The molecule has 0 saturated heterocycles. The molecule has 3 N–H and O–H groups in total. The maximum atomic E-state index is 12.0. The van der Waals surface area contributed by atoms with Crippen molar-refractivity contribution in [1.82, 2.24) is 0 Å². The van der Waals surface area contributed by atoms with Crippen LogP contribution in [0.1, 0.15) is 25.3 Å². The summed E-state index contributed by atoms with van der Waals surface area (Å²) in [5, 5.41) is 7.92. The fourth-order valence-corrected chi connectivity index (χ4v) is 2.92. The van der Waals surface area contributed by atoms with Crippen LogP contribution in [0.25, 0.3) is 0 Å². The zero-order chi connectivity index (χ0) is 14.2. The molecule has 2 rings (SSSR count). The lowest BCUT2D eigenvalue weighted by Crippen LogP contribution is -2.23. The summed E-state index contributed by atoms with van der Waals surface area (Å²) in [6, 6.07) is 4.69. The van der Waals surface area contributed by atoms with Crippen molar-refractivity contribution < 1.29 is 13.2 Å². The maximum Gasteiger partial charge on any atom is 0.238 e. The fourth-order valence-electron chi connectivity index (χ4n) is 2.11. The molecule has 1 fully saturated rings. The second-order valence-corrected chi connectivity index (χ2v) is 6.62. The third kappa shape index (κ3) is 3.13. The number of amides is 1. The Labute approximate surface area is 113 Å². The second-order valence-electron chi connectivity index (χ2n) is 5.09. The first-order chi connectivity index (χ1) is 8.80. The summed E-state index contributed by atoms with van der Waals surface area (Å²) >= 11 is 0. The molecule has 1 aliphatic rings. The fraction of sp³-hybridized carbons (Fsp3) is 0.462. The Hall–Kier alpha value is -1.40. The standard InChI is InChI=1S/C13H18N2O3S/c1-8(10-6-7-10)13(16)15-11-4-3-5-12(9(11)2)19(14,17)18/h3-5,8,10H,6-7H2,1-2H3,(H,15,16)(H2,14,17,18). The Morgan fingerprint density at radius 2 is 2.05 bits per heavy atom. The Balaban J connectivity index is 2.23. The number of hydrogen-bond acceptors (Lipinski definition) is 3. The smallest absolute Gasteiger partial charge is 0.238 e. The molecule has 0 aliphatic heterocycles. The quantitative estimate of drug-likeness (QED) is 0.879. The van der Waals surface area contributed by atoms with Crippen molar-refractivity contribution in [1.29, 1.82) is 0 Å². The minimum absolute atomic E-state index is 0.0439. The van der Waals surface area contributed by atoms with Gasteiger partial charge >= 0.3 is 0 Å². The van der Waals surface area contributed by atoms with E-state index in [2.05, 4.69) is 5.32 Å². The van der Waals surface area contributed by atoms with Crippen molar-refractivity contribution in [2.75, 3.05) is 5.32 Å². The third-order valence-electron chi connectivity index (χ3n) is 3.59. The molecule has 19 heavy (non-hydrogen) atoms. The number of carbonyl (C=O) groups is 1. The van der Waals surface area contributed by atoms with Gasteiger partial charge in [0.2, 0.25) is 15.9 Å². The van der Waals surface area contributed by atoms with Crippen molar-refractivity contribution in [3.8, 4) is 0 Å². The molecule has 0 spiro atoms. The van der Waals surface area contributed by atoms with Gasteiger partial charge in [0.05, 0.1) is 4.90 Å². The van der Waals surface area contributed by atoms with Gasteiger partial charge in [-0.25, -0.2) is 13.6 Å². The van der Waals surface area contributed by atoms with Crippen LogP contribution in [-0.2, 0) is 14.8 Å².